The molecule has 1 rings (SSSR count). The molecule has 120 valence electrons. The zero-order valence-corrected chi connectivity index (χ0v) is 14.6. The van der Waals surface area contributed by atoms with E-state index in [0.717, 1.165) is 18.4 Å². The number of hydrogen-bond acceptors (Lipinski definition) is 3. The second-order valence-electron chi connectivity index (χ2n) is 5.83. The lowest BCUT2D eigenvalue weighted by atomic mass is 10.1. The van der Waals surface area contributed by atoms with E-state index in [4.69, 9.17) is 0 Å². The quantitative estimate of drug-likeness (QED) is 0.803. The SMILES string of the molecule is CCC(NC)c1cccc(S(=O)(=O)N(C)CCC(C)C)c1. The lowest BCUT2D eigenvalue weighted by molar-refractivity contribution is 0.428. The summed E-state index contributed by atoms with van der Waals surface area (Å²) >= 11 is 0. The third-order valence-electron chi connectivity index (χ3n) is 3.75. The Bertz CT molecular complexity index is 537. The average Bonchev–Trinajstić information content (AvgIpc) is 2.46. The molecule has 1 N–H and O–H groups in total. The molecular weight excluding hydrogens is 284 g/mol. The largest absolute Gasteiger partial charge is 0.313 e. The highest BCUT2D eigenvalue weighted by molar-refractivity contribution is 7.89. The summed E-state index contributed by atoms with van der Waals surface area (Å²) < 4.78 is 26.7. The molecule has 0 saturated heterocycles. The van der Waals surface area contributed by atoms with Crippen molar-refractivity contribution in [2.24, 2.45) is 5.92 Å². The molecule has 1 unspecified atom stereocenters. The fourth-order valence-electron chi connectivity index (χ4n) is 2.24. The molecule has 1 aromatic carbocycles. The Morgan fingerprint density at radius 1 is 1.29 bits per heavy atom. The summed E-state index contributed by atoms with van der Waals surface area (Å²) in [5.74, 6) is 0.489. The van der Waals surface area contributed by atoms with Gasteiger partial charge in [-0.2, -0.15) is 0 Å². The van der Waals surface area contributed by atoms with Gasteiger partial charge < -0.3 is 5.32 Å². The molecule has 1 atom stereocenters. The van der Waals surface area contributed by atoms with Gasteiger partial charge in [-0.25, -0.2) is 12.7 Å². The van der Waals surface area contributed by atoms with Gasteiger partial charge >= 0.3 is 0 Å². The molecule has 0 radical (unpaired) electrons. The van der Waals surface area contributed by atoms with Crippen molar-refractivity contribution in [2.75, 3.05) is 20.6 Å². The first-order valence-corrected chi connectivity index (χ1v) is 9.00. The molecule has 21 heavy (non-hydrogen) atoms. The van der Waals surface area contributed by atoms with E-state index in [2.05, 4.69) is 26.1 Å². The number of rotatable bonds is 8. The van der Waals surface area contributed by atoms with Crippen molar-refractivity contribution in [1.29, 1.82) is 0 Å². The molecular formula is C16H28N2O2S. The first-order chi connectivity index (χ1) is 9.82. The van der Waals surface area contributed by atoms with Gasteiger partial charge in [-0.3, -0.25) is 0 Å². The van der Waals surface area contributed by atoms with Crippen LogP contribution in [0.1, 0.15) is 45.2 Å². The van der Waals surface area contributed by atoms with E-state index in [9.17, 15) is 8.42 Å². The highest BCUT2D eigenvalue weighted by atomic mass is 32.2. The van der Waals surface area contributed by atoms with E-state index in [-0.39, 0.29) is 6.04 Å². The Balaban J connectivity index is 3.00. The second kappa shape index (κ2) is 7.92. The van der Waals surface area contributed by atoms with Crippen molar-refractivity contribution < 1.29 is 8.42 Å². The van der Waals surface area contributed by atoms with Crippen LogP contribution in [0.2, 0.25) is 0 Å². The molecule has 0 amide bonds. The monoisotopic (exact) mass is 312 g/mol. The Labute approximate surface area is 129 Å². The predicted molar refractivity (Wildman–Crippen MR) is 87.8 cm³/mol. The lowest BCUT2D eigenvalue weighted by Crippen LogP contribution is -2.29. The summed E-state index contributed by atoms with van der Waals surface area (Å²) in [6, 6.07) is 7.43. The number of nitrogens with zero attached hydrogens (tertiary/aromatic N) is 1. The zero-order chi connectivity index (χ0) is 16.0. The van der Waals surface area contributed by atoms with Crippen LogP contribution in [0.5, 0.6) is 0 Å². The van der Waals surface area contributed by atoms with Crippen LogP contribution in [0, 0.1) is 5.92 Å². The van der Waals surface area contributed by atoms with Crippen LogP contribution in [0.3, 0.4) is 0 Å². The van der Waals surface area contributed by atoms with Gasteiger partial charge in [0.25, 0.3) is 0 Å². The Kier molecular flexibility index (Phi) is 6.84. The number of sulfonamides is 1. The van der Waals surface area contributed by atoms with Crippen molar-refractivity contribution in [3.05, 3.63) is 29.8 Å². The van der Waals surface area contributed by atoms with Crippen LogP contribution in [0.4, 0.5) is 0 Å². The maximum Gasteiger partial charge on any atom is 0.242 e. The van der Waals surface area contributed by atoms with Gasteiger partial charge in [0.15, 0.2) is 0 Å². The summed E-state index contributed by atoms with van der Waals surface area (Å²) in [6.07, 6.45) is 1.78. The van der Waals surface area contributed by atoms with Gasteiger partial charge in [-0.15, -0.1) is 0 Å². The Morgan fingerprint density at radius 2 is 1.95 bits per heavy atom. The van der Waals surface area contributed by atoms with Gasteiger partial charge in [0.2, 0.25) is 10.0 Å². The molecule has 0 saturated carbocycles. The van der Waals surface area contributed by atoms with Crippen molar-refractivity contribution in [2.45, 2.75) is 44.6 Å². The Morgan fingerprint density at radius 3 is 2.48 bits per heavy atom. The van der Waals surface area contributed by atoms with Crippen LogP contribution in [-0.2, 0) is 10.0 Å². The first-order valence-electron chi connectivity index (χ1n) is 7.56. The maximum absolute atomic E-state index is 12.6. The lowest BCUT2D eigenvalue weighted by Gasteiger charge is -2.20. The Hall–Kier alpha value is -0.910. The fourth-order valence-corrected chi connectivity index (χ4v) is 3.48. The standard InChI is InChI=1S/C16H28N2O2S/c1-6-16(17-4)14-8-7-9-15(12-14)21(19,20)18(5)11-10-13(2)3/h7-9,12-13,16-17H,6,10-11H2,1-5H3. The molecule has 0 aliphatic carbocycles. The minimum atomic E-state index is -3.40. The molecule has 0 bridgehead atoms. The van der Waals surface area contributed by atoms with Gasteiger partial charge in [-0.1, -0.05) is 32.9 Å². The van der Waals surface area contributed by atoms with E-state index in [1.807, 2.05) is 19.2 Å². The van der Waals surface area contributed by atoms with Crippen molar-refractivity contribution in [3.8, 4) is 0 Å². The molecule has 0 fully saturated rings. The normalized spacial score (nSPS) is 13.9. The topological polar surface area (TPSA) is 49.4 Å². The van der Waals surface area contributed by atoms with Crippen molar-refractivity contribution in [3.63, 3.8) is 0 Å². The summed E-state index contributed by atoms with van der Waals surface area (Å²) in [6.45, 7) is 6.82. The highest BCUT2D eigenvalue weighted by Crippen LogP contribution is 2.22. The smallest absolute Gasteiger partial charge is 0.242 e. The van der Waals surface area contributed by atoms with Crippen LogP contribution >= 0.6 is 0 Å². The molecule has 0 aliphatic heterocycles. The summed E-state index contributed by atoms with van der Waals surface area (Å²) in [4.78, 5) is 0.375. The van der Waals surface area contributed by atoms with Crippen molar-refractivity contribution >= 4 is 10.0 Å². The zero-order valence-electron chi connectivity index (χ0n) is 13.8. The number of nitrogens with one attached hydrogen (secondary N) is 1. The molecule has 5 heteroatoms. The van der Waals surface area contributed by atoms with E-state index in [0.29, 0.717) is 17.4 Å². The average molecular weight is 312 g/mol. The maximum atomic E-state index is 12.6. The molecule has 0 aromatic heterocycles. The minimum absolute atomic E-state index is 0.182. The van der Waals surface area contributed by atoms with E-state index >= 15 is 0 Å². The summed E-state index contributed by atoms with van der Waals surface area (Å²) in [5.41, 5.74) is 1.01. The van der Waals surface area contributed by atoms with E-state index in [1.54, 1.807) is 19.2 Å². The summed E-state index contributed by atoms with van der Waals surface area (Å²) in [7, 11) is 0.144. The molecule has 1 aromatic rings. The number of benzene rings is 1. The second-order valence-corrected chi connectivity index (χ2v) is 7.88. The summed E-state index contributed by atoms with van der Waals surface area (Å²) in [5, 5.41) is 3.21. The van der Waals surface area contributed by atoms with Crippen LogP contribution in [-0.4, -0.2) is 33.4 Å². The molecule has 0 spiro atoms. The van der Waals surface area contributed by atoms with Crippen molar-refractivity contribution in [1.82, 2.24) is 9.62 Å². The van der Waals surface area contributed by atoms with E-state index in [1.165, 1.54) is 4.31 Å². The fraction of sp³-hybridized carbons (Fsp3) is 0.625. The first kappa shape index (κ1) is 18.1. The molecule has 0 aliphatic rings. The third-order valence-corrected chi connectivity index (χ3v) is 5.60. The van der Waals surface area contributed by atoms with Gasteiger partial charge in [0.05, 0.1) is 4.90 Å². The van der Waals surface area contributed by atoms with Crippen LogP contribution in [0.15, 0.2) is 29.2 Å². The van der Waals surface area contributed by atoms with Gasteiger partial charge in [0.1, 0.15) is 0 Å². The predicted octanol–water partition coefficient (Wildman–Crippen LogP) is 3.02. The van der Waals surface area contributed by atoms with Crippen LogP contribution < -0.4 is 5.32 Å². The third kappa shape index (κ3) is 4.80. The molecule has 0 heterocycles. The molecule has 4 nitrogen and oxygen atoms in total. The van der Waals surface area contributed by atoms with Crippen LogP contribution in [0.25, 0.3) is 0 Å². The van der Waals surface area contributed by atoms with Gasteiger partial charge in [-0.05, 0) is 43.5 Å². The van der Waals surface area contributed by atoms with E-state index < -0.39 is 10.0 Å². The minimum Gasteiger partial charge on any atom is -0.313 e. The highest BCUT2D eigenvalue weighted by Gasteiger charge is 2.21. The number of hydrogen-bond donors (Lipinski definition) is 1. The van der Waals surface area contributed by atoms with Gasteiger partial charge in [0, 0.05) is 19.6 Å².